The molecule has 1 N–H and O–H groups in total. The first-order chi connectivity index (χ1) is 15.8. The van der Waals surface area contributed by atoms with Crippen molar-refractivity contribution < 1.29 is 29.0 Å². The van der Waals surface area contributed by atoms with Crippen LogP contribution in [0.3, 0.4) is 0 Å². The van der Waals surface area contributed by atoms with E-state index in [1.165, 1.54) is 9.80 Å². The molecule has 2 saturated heterocycles. The van der Waals surface area contributed by atoms with Crippen LogP contribution in [0.2, 0.25) is 5.02 Å². The van der Waals surface area contributed by atoms with E-state index in [1.54, 1.807) is 49.4 Å². The van der Waals surface area contributed by atoms with Gasteiger partial charge in [-0.25, -0.2) is 0 Å². The van der Waals surface area contributed by atoms with Gasteiger partial charge in [0.2, 0.25) is 5.91 Å². The predicted octanol–water partition coefficient (Wildman–Crippen LogP) is 1.71. The van der Waals surface area contributed by atoms with Gasteiger partial charge in [-0.1, -0.05) is 48.0 Å². The van der Waals surface area contributed by atoms with Crippen LogP contribution in [-0.4, -0.2) is 71.3 Å². The lowest BCUT2D eigenvalue weighted by Crippen LogP contribution is -2.56. The zero-order valence-electron chi connectivity index (χ0n) is 18.1. The van der Waals surface area contributed by atoms with Crippen LogP contribution in [0.4, 0.5) is 5.69 Å². The highest BCUT2D eigenvalue weighted by atomic mass is 35.5. The lowest BCUT2D eigenvalue weighted by atomic mass is 9.74. The quantitative estimate of drug-likeness (QED) is 0.531. The highest BCUT2D eigenvalue weighted by molar-refractivity contribution is 6.34. The maximum absolute atomic E-state index is 14.0. The molecular weight excluding hydrogens is 448 g/mol. The zero-order chi connectivity index (χ0) is 23.4. The largest absolute Gasteiger partial charge is 0.465 e. The molecule has 4 aliphatic rings. The number of aliphatic hydroxyl groups excluding tert-OH is 1. The second-order valence-corrected chi connectivity index (χ2v) is 9.32. The van der Waals surface area contributed by atoms with Crippen LogP contribution in [0.5, 0.6) is 0 Å². The lowest BCUT2D eigenvalue weighted by Gasteiger charge is -2.37. The molecule has 0 aromatic heterocycles. The van der Waals surface area contributed by atoms with Gasteiger partial charge in [-0.3, -0.25) is 14.4 Å². The van der Waals surface area contributed by atoms with Gasteiger partial charge in [0.25, 0.3) is 5.91 Å². The number of halogens is 1. The summed E-state index contributed by atoms with van der Waals surface area (Å²) in [5, 5.41) is 10.1. The minimum Gasteiger partial charge on any atom is -0.465 e. The van der Waals surface area contributed by atoms with Gasteiger partial charge >= 0.3 is 5.97 Å². The number of anilines is 1. The number of β-amino-alcohol motifs (C(OH)–C–C–N with tert-alkyl or cyclic N) is 1. The zero-order valence-corrected chi connectivity index (χ0v) is 18.9. The van der Waals surface area contributed by atoms with Crippen molar-refractivity contribution in [2.24, 2.45) is 11.8 Å². The van der Waals surface area contributed by atoms with Crippen molar-refractivity contribution in [2.45, 2.75) is 30.6 Å². The first-order valence-corrected chi connectivity index (χ1v) is 11.4. The van der Waals surface area contributed by atoms with Crippen LogP contribution in [0.1, 0.15) is 13.3 Å². The van der Waals surface area contributed by atoms with Crippen molar-refractivity contribution in [3.63, 3.8) is 0 Å². The minimum absolute atomic E-state index is 0.0601. The smallest absolute Gasteiger partial charge is 0.313 e. The Kier molecular flexibility index (Phi) is 5.34. The number of carbonyl (C=O) groups is 3. The third-order valence-corrected chi connectivity index (χ3v) is 7.32. The fourth-order valence-electron chi connectivity index (χ4n) is 5.72. The molecule has 1 unspecified atom stereocenters. The highest BCUT2D eigenvalue weighted by Gasteiger charge is 2.74. The van der Waals surface area contributed by atoms with Gasteiger partial charge in [0, 0.05) is 13.1 Å². The molecule has 1 spiro atoms. The molecule has 0 aliphatic carbocycles. The van der Waals surface area contributed by atoms with Gasteiger partial charge in [-0.05, 0) is 25.5 Å². The molecule has 4 heterocycles. The summed E-state index contributed by atoms with van der Waals surface area (Å²) in [6.07, 6.45) is 7.74. The molecule has 1 aromatic rings. The number of ether oxygens (including phenoxy) is 2. The number of cyclic esters (lactones) is 1. The normalized spacial score (nSPS) is 35.5. The average Bonchev–Trinajstić information content (AvgIpc) is 3.08. The lowest BCUT2D eigenvalue weighted by molar-refractivity contribution is -0.159. The maximum atomic E-state index is 14.0. The van der Waals surface area contributed by atoms with Gasteiger partial charge < -0.3 is 24.4 Å². The van der Waals surface area contributed by atoms with E-state index in [9.17, 15) is 19.5 Å². The molecule has 8 nitrogen and oxygen atoms in total. The van der Waals surface area contributed by atoms with Crippen molar-refractivity contribution in [2.75, 3.05) is 31.2 Å². The first kappa shape index (κ1) is 22.1. The van der Waals surface area contributed by atoms with E-state index in [4.69, 9.17) is 21.1 Å². The number of benzene rings is 1. The molecule has 2 fully saturated rings. The van der Waals surface area contributed by atoms with Crippen LogP contribution >= 0.6 is 11.6 Å². The Morgan fingerprint density at radius 3 is 2.67 bits per heavy atom. The second-order valence-electron chi connectivity index (χ2n) is 8.91. The molecule has 5 rings (SSSR count). The van der Waals surface area contributed by atoms with Crippen molar-refractivity contribution >= 4 is 35.1 Å². The number of carbonyl (C=O) groups excluding carboxylic acids is 3. The molecule has 0 bridgehead atoms. The fourth-order valence-corrected chi connectivity index (χ4v) is 5.96. The summed E-state index contributed by atoms with van der Waals surface area (Å²) in [6, 6.07) is 5.92. The summed E-state index contributed by atoms with van der Waals surface area (Å²) < 4.78 is 12.0. The van der Waals surface area contributed by atoms with Crippen LogP contribution in [-0.2, 0) is 23.9 Å². The molecule has 1 aromatic carbocycles. The number of likely N-dealkylation sites (tertiary alicyclic amines) is 1. The molecule has 5 atom stereocenters. The number of rotatable bonds is 3. The summed E-state index contributed by atoms with van der Waals surface area (Å²) in [6.45, 7) is 1.80. The molecule has 9 heteroatoms. The Labute approximate surface area is 196 Å². The Hall–Kier alpha value is -2.68. The standard InChI is InChI=1S/C24H25ClN2O6/c1-23-9-4-5-14-32-22(31)18(23)17-20(29)27(12-13-28)19-21(30)26(11-6-10-24(17,19)33-23)16-8-3-2-7-15(16)25/h2-4,6-10,17-19,28H,5,11-14H2,1H3/t17-,18-,19?,23+,24-/m0/s1. The monoisotopic (exact) mass is 472 g/mol. The van der Waals surface area contributed by atoms with Crippen molar-refractivity contribution in [3.8, 4) is 0 Å². The van der Waals surface area contributed by atoms with Gasteiger partial charge in [-0.15, -0.1) is 0 Å². The third kappa shape index (κ3) is 3.15. The number of amides is 2. The fraction of sp³-hybridized carbons (Fsp3) is 0.458. The number of esters is 1. The first-order valence-electron chi connectivity index (χ1n) is 11.0. The molecule has 2 amide bonds. The molecule has 4 aliphatic heterocycles. The average molecular weight is 473 g/mol. The van der Waals surface area contributed by atoms with Crippen LogP contribution in [0, 0.1) is 11.8 Å². The minimum atomic E-state index is -1.38. The van der Waals surface area contributed by atoms with E-state index < -0.39 is 41.0 Å². The number of hydrogen-bond donors (Lipinski definition) is 1. The number of aliphatic hydroxyl groups is 1. The third-order valence-electron chi connectivity index (χ3n) is 7.00. The second kappa shape index (κ2) is 7.97. The summed E-state index contributed by atoms with van der Waals surface area (Å²) in [5.74, 6) is -3.19. The van der Waals surface area contributed by atoms with E-state index in [1.807, 2.05) is 6.08 Å². The molecular formula is C24H25ClN2O6. The molecule has 174 valence electrons. The molecule has 33 heavy (non-hydrogen) atoms. The summed E-state index contributed by atoms with van der Waals surface area (Å²) >= 11 is 6.39. The molecule has 0 saturated carbocycles. The topological polar surface area (TPSA) is 96.4 Å². The number of nitrogens with zero attached hydrogens (tertiary/aromatic N) is 2. The SMILES string of the molecule is C[C@@]12C=CCCOC(=O)[C@@H]1[C@H]1C(=O)N(CCO)C3C(=O)N(c4ccccc4Cl)CC=C[C@@]31O2. The maximum Gasteiger partial charge on any atom is 0.313 e. The van der Waals surface area contributed by atoms with Gasteiger partial charge in [-0.2, -0.15) is 0 Å². The van der Waals surface area contributed by atoms with Crippen LogP contribution < -0.4 is 4.90 Å². The number of hydrogen-bond acceptors (Lipinski definition) is 6. The summed E-state index contributed by atoms with van der Waals surface area (Å²) in [5.41, 5.74) is -1.99. The van der Waals surface area contributed by atoms with E-state index in [-0.39, 0.29) is 32.2 Å². The molecule has 0 radical (unpaired) electrons. The number of fused-ring (bicyclic) bond motifs is 2. The van der Waals surface area contributed by atoms with E-state index in [0.29, 0.717) is 17.1 Å². The Bertz CT molecular complexity index is 1070. The Morgan fingerprint density at radius 1 is 1.12 bits per heavy atom. The van der Waals surface area contributed by atoms with Gasteiger partial charge in [0.05, 0.1) is 35.4 Å². The Morgan fingerprint density at radius 2 is 1.91 bits per heavy atom. The highest BCUT2D eigenvalue weighted by Crippen LogP contribution is 2.57. The van der Waals surface area contributed by atoms with Crippen molar-refractivity contribution in [3.05, 3.63) is 53.6 Å². The predicted molar refractivity (Wildman–Crippen MR) is 119 cm³/mol. The van der Waals surface area contributed by atoms with E-state index in [0.717, 1.165) is 0 Å². The van der Waals surface area contributed by atoms with Gasteiger partial charge in [0.15, 0.2) is 0 Å². The van der Waals surface area contributed by atoms with Gasteiger partial charge in [0.1, 0.15) is 17.6 Å². The van der Waals surface area contributed by atoms with Crippen LogP contribution in [0.25, 0.3) is 0 Å². The summed E-state index contributed by atoms with van der Waals surface area (Å²) in [7, 11) is 0. The van der Waals surface area contributed by atoms with Crippen molar-refractivity contribution in [1.29, 1.82) is 0 Å². The van der Waals surface area contributed by atoms with E-state index >= 15 is 0 Å². The van der Waals surface area contributed by atoms with Crippen molar-refractivity contribution in [1.82, 2.24) is 4.90 Å². The van der Waals surface area contributed by atoms with Crippen LogP contribution in [0.15, 0.2) is 48.6 Å². The Balaban J connectivity index is 1.66. The number of para-hydroxylation sites is 1. The van der Waals surface area contributed by atoms with E-state index in [2.05, 4.69) is 0 Å². The summed E-state index contributed by atoms with van der Waals surface area (Å²) in [4.78, 5) is 43.7.